The summed E-state index contributed by atoms with van der Waals surface area (Å²) in [5.74, 6) is -1.76. The lowest BCUT2D eigenvalue weighted by Crippen LogP contribution is -2.32. The molecular formula is C28H27ClN2O6. The van der Waals surface area contributed by atoms with Crippen LogP contribution in [0.3, 0.4) is 0 Å². The molecule has 0 saturated carbocycles. The molecule has 9 heteroatoms. The highest BCUT2D eigenvalue weighted by atomic mass is 35.5. The molecule has 37 heavy (non-hydrogen) atoms. The molecule has 2 saturated heterocycles. The minimum Gasteiger partial charge on any atom is -0.495 e. The Hall–Kier alpha value is -3.65. The number of aryl methyl sites for hydroxylation is 1. The van der Waals surface area contributed by atoms with Gasteiger partial charge in [0.05, 0.1) is 36.2 Å². The van der Waals surface area contributed by atoms with E-state index >= 15 is 0 Å². The van der Waals surface area contributed by atoms with Crippen molar-refractivity contribution < 1.29 is 28.7 Å². The Kier molecular flexibility index (Phi) is 6.54. The number of imide groups is 1. The topological polar surface area (TPSA) is 93.2 Å². The molecule has 0 bridgehead atoms. The molecule has 3 amide bonds. The van der Waals surface area contributed by atoms with Crippen molar-refractivity contribution in [3.63, 3.8) is 0 Å². The van der Waals surface area contributed by atoms with Crippen molar-refractivity contribution in [1.29, 1.82) is 0 Å². The van der Waals surface area contributed by atoms with Crippen molar-refractivity contribution in [3.05, 3.63) is 59.1 Å². The second-order valence-electron chi connectivity index (χ2n) is 9.76. The number of carbonyl (C=O) groups is 4. The maximum Gasteiger partial charge on any atom is 0.316 e. The molecular weight excluding hydrogens is 496 g/mol. The number of allylic oxidation sites excluding steroid dienone is 2. The fourth-order valence-corrected chi connectivity index (χ4v) is 5.67. The number of halogens is 1. The quantitative estimate of drug-likeness (QED) is 0.251. The van der Waals surface area contributed by atoms with Crippen molar-refractivity contribution in [1.82, 2.24) is 0 Å². The number of esters is 1. The summed E-state index contributed by atoms with van der Waals surface area (Å²) in [6, 6.07) is 9.79. The Balaban J connectivity index is 1.30. The van der Waals surface area contributed by atoms with E-state index in [-0.39, 0.29) is 54.2 Å². The van der Waals surface area contributed by atoms with Crippen LogP contribution >= 0.6 is 11.6 Å². The first-order valence-electron chi connectivity index (χ1n) is 12.2. The van der Waals surface area contributed by atoms with Crippen LogP contribution < -0.4 is 19.3 Å². The van der Waals surface area contributed by atoms with Crippen LogP contribution in [0.2, 0.25) is 5.02 Å². The van der Waals surface area contributed by atoms with Gasteiger partial charge in [-0.05, 0) is 61.2 Å². The number of ether oxygens (including phenoxy) is 2. The average Bonchev–Trinajstić information content (AvgIpc) is 3.37. The fraction of sp³-hybridized carbons (Fsp3) is 0.357. The molecule has 2 aliphatic heterocycles. The number of hydrogen-bond acceptors (Lipinski definition) is 6. The number of fused-ring (bicyclic) bond motifs is 1. The standard InChI is InChI=1S/C28H27ClN2O6/c1-15-5-4-6-20-25(15)27(34)31(26(20)33)21-9-8-19(11-16(21)2)37-28(35)17-12-24(32)30(14-17)22-13-18(29)7-10-23(22)36-3/h4-5,7-11,13,15,17,20,25H,6,12,14H2,1-3H3/t15-,17+,20+,25-/m0/s1. The van der Waals surface area contributed by atoms with Gasteiger partial charge in [0.25, 0.3) is 0 Å². The molecule has 5 rings (SSSR count). The van der Waals surface area contributed by atoms with Crippen LogP contribution in [0.15, 0.2) is 48.6 Å². The van der Waals surface area contributed by atoms with Crippen LogP contribution in [0.25, 0.3) is 0 Å². The zero-order chi connectivity index (χ0) is 26.4. The summed E-state index contributed by atoms with van der Waals surface area (Å²) in [4.78, 5) is 54.6. The molecule has 2 heterocycles. The van der Waals surface area contributed by atoms with Gasteiger partial charge in [-0.15, -0.1) is 0 Å². The zero-order valence-electron chi connectivity index (χ0n) is 20.8. The first kappa shape index (κ1) is 25.0. The average molecular weight is 523 g/mol. The number of rotatable bonds is 5. The first-order chi connectivity index (χ1) is 17.7. The minimum atomic E-state index is -0.671. The highest BCUT2D eigenvalue weighted by Crippen LogP contribution is 2.42. The van der Waals surface area contributed by atoms with Crippen molar-refractivity contribution in [2.75, 3.05) is 23.5 Å². The van der Waals surface area contributed by atoms with Crippen LogP contribution in [-0.4, -0.2) is 37.3 Å². The second kappa shape index (κ2) is 9.67. The highest BCUT2D eigenvalue weighted by Gasteiger charge is 2.50. The molecule has 0 aromatic heterocycles. The van der Waals surface area contributed by atoms with E-state index in [9.17, 15) is 19.2 Å². The van der Waals surface area contributed by atoms with Gasteiger partial charge in [-0.3, -0.25) is 19.2 Å². The molecule has 1 aliphatic carbocycles. The van der Waals surface area contributed by atoms with E-state index in [1.807, 2.05) is 19.1 Å². The van der Waals surface area contributed by atoms with Gasteiger partial charge in [0.1, 0.15) is 11.5 Å². The van der Waals surface area contributed by atoms with Crippen molar-refractivity contribution in [3.8, 4) is 11.5 Å². The summed E-state index contributed by atoms with van der Waals surface area (Å²) >= 11 is 6.11. The Morgan fingerprint density at radius 1 is 1.05 bits per heavy atom. The van der Waals surface area contributed by atoms with Gasteiger partial charge in [-0.2, -0.15) is 0 Å². The third-order valence-corrected chi connectivity index (χ3v) is 7.63. The first-order valence-corrected chi connectivity index (χ1v) is 12.6. The predicted molar refractivity (Wildman–Crippen MR) is 138 cm³/mol. The van der Waals surface area contributed by atoms with E-state index in [0.717, 1.165) is 0 Å². The smallest absolute Gasteiger partial charge is 0.316 e. The Morgan fingerprint density at radius 2 is 1.84 bits per heavy atom. The van der Waals surface area contributed by atoms with Crippen LogP contribution in [0.5, 0.6) is 11.5 Å². The van der Waals surface area contributed by atoms with Gasteiger partial charge < -0.3 is 14.4 Å². The molecule has 2 aromatic rings. The van der Waals surface area contributed by atoms with E-state index in [2.05, 4.69) is 0 Å². The maximum absolute atomic E-state index is 13.1. The summed E-state index contributed by atoms with van der Waals surface area (Å²) in [6.07, 6.45) is 4.51. The molecule has 2 aromatic carbocycles. The predicted octanol–water partition coefficient (Wildman–Crippen LogP) is 4.32. The van der Waals surface area contributed by atoms with Gasteiger partial charge in [0.15, 0.2) is 0 Å². The molecule has 0 radical (unpaired) electrons. The van der Waals surface area contributed by atoms with Gasteiger partial charge in [-0.25, -0.2) is 4.90 Å². The van der Waals surface area contributed by atoms with E-state index in [0.29, 0.717) is 34.1 Å². The number of carbonyl (C=O) groups excluding carboxylic acids is 4. The lowest BCUT2D eigenvalue weighted by Gasteiger charge is -2.22. The Labute approximate surface area is 219 Å². The maximum atomic E-state index is 13.1. The number of nitrogens with zero attached hydrogens (tertiary/aromatic N) is 2. The third kappa shape index (κ3) is 4.39. The fourth-order valence-electron chi connectivity index (χ4n) is 5.50. The molecule has 3 aliphatic rings. The van der Waals surface area contributed by atoms with Gasteiger partial charge >= 0.3 is 5.97 Å². The lowest BCUT2D eigenvalue weighted by atomic mass is 9.78. The van der Waals surface area contributed by atoms with Crippen molar-refractivity contribution in [2.24, 2.45) is 23.7 Å². The van der Waals surface area contributed by atoms with Gasteiger partial charge in [-0.1, -0.05) is 30.7 Å². The van der Waals surface area contributed by atoms with Crippen LogP contribution in [0.4, 0.5) is 11.4 Å². The third-order valence-electron chi connectivity index (χ3n) is 7.39. The normalized spacial score (nSPS) is 25.0. The largest absolute Gasteiger partial charge is 0.495 e. The van der Waals surface area contributed by atoms with E-state index in [4.69, 9.17) is 21.1 Å². The molecule has 4 atom stereocenters. The van der Waals surface area contributed by atoms with Crippen LogP contribution in [0, 0.1) is 30.6 Å². The Morgan fingerprint density at radius 3 is 2.54 bits per heavy atom. The summed E-state index contributed by atoms with van der Waals surface area (Å²) < 4.78 is 10.9. The molecule has 0 N–H and O–H groups in total. The number of amides is 3. The molecule has 2 fully saturated rings. The zero-order valence-corrected chi connectivity index (χ0v) is 21.5. The minimum absolute atomic E-state index is 0.00121. The molecule has 0 spiro atoms. The van der Waals surface area contributed by atoms with Gasteiger partial charge in [0, 0.05) is 18.0 Å². The van der Waals surface area contributed by atoms with Crippen LogP contribution in [0.1, 0.15) is 25.3 Å². The molecule has 0 unspecified atom stereocenters. The number of anilines is 2. The van der Waals surface area contributed by atoms with E-state index in [1.165, 1.54) is 16.9 Å². The summed E-state index contributed by atoms with van der Waals surface area (Å²) in [6.45, 7) is 3.86. The van der Waals surface area contributed by atoms with E-state index in [1.54, 1.807) is 43.3 Å². The van der Waals surface area contributed by atoms with Crippen LogP contribution in [-0.2, 0) is 19.2 Å². The monoisotopic (exact) mass is 522 g/mol. The van der Waals surface area contributed by atoms with E-state index < -0.39 is 11.9 Å². The highest BCUT2D eigenvalue weighted by molar-refractivity contribution is 6.31. The summed E-state index contributed by atoms with van der Waals surface area (Å²) in [5, 5.41) is 0.449. The summed E-state index contributed by atoms with van der Waals surface area (Å²) in [5.41, 5.74) is 1.63. The van der Waals surface area contributed by atoms with Gasteiger partial charge in [0.2, 0.25) is 17.7 Å². The second-order valence-corrected chi connectivity index (χ2v) is 10.2. The molecule has 192 valence electrons. The number of benzene rings is 2. The number of hydrogen-bond donors (Lipinski definition) is 0. The molecule has 8 nitrogen and oxygen atoms in total. The summed E-state index contributed by atoms with van der Waals surface area (Å²) in [7, 11) is 1.50. The number of methoxy groups -OCH3 is 1. The SMILES string of the molecule is COc1ccc(Cl)cc1N1C[C@H](C(=O)Oc2ccc(N3C(=O)[C@H]4[C@@H](C)C=CC[C@H]4C3=O)c(C)c2)CC1=O. The van der Waals surface area contributed by atoms with Crippen molar-refractivity contribution >= 4 is 46.7 Å². The lowest BCUT2D eigenvalue weighted by molar-refractivity contribution is -0.139. The van der Waals surface area contributed by atoms with Crippen molar-refractivity contribution in [2.45, 2.75) is 26.7 Å². The Bertz CT molecular complexity index is 1340.